The summed E-state index contributed by atoms with van der Waals surface area (Å²) in [6, 6.07) is 0. The molecule has 0 aliphatic carbocycles. The Hall–Kier alpha value is -2.05. The van der Waals surface area contributed by atoms with E-state index in [4.69, 9.17) is 0 Å². The fourth-order valence-corrected chi connectivity index (χ4v) is 2.71. The summed E-state index contributed by atoms with van der Waals surface area (Å²) in [5, 5.41) is 7.53. The summed E-state index contributed by atoms with van der Waals surface area (Å²) >= 11 is 0. The number of amides is 1. The molecule has 1 N–H and O–H groups in total. The highest BCUT2D eigenvalue weighted by Gasteiger charge is 2.26. The number of guanidine groups is 1. The third kappa shape index (κ3) is 3.99. The number of rotatable bonds is 4. The van der Waals surface area contributed by atoms with Crippen molar-refractivity contribution in [3.8, 4) is 0 Å². The van der Waals surface area contributed by atoms with Gasteiger partial charge in [0.2, 0.25) is 5.91 Å². The highest BCUT2D eigenvalue weighted by molar-refractivity contribution is 5.81. The number of nitrogens with one attached hydrogen (secondary N) is 1. The molecule has 2 heterocycles. The molecule has 1 aromatic heterocycles. The second-order valence-electron chi connectivity index (χ2n) is 5.89. The predicted octanol–water partition coefficient (Wildman–Crippen LogP) is 0.263. The molecule has 1 aliphatic heterocycles. The molecular formula is C15H26N6O. The van der Waals surface area contributed by atoms with Crippen LogP contribution in [-0.2, 0) is 11.8 Å². The van der Waals surface area contributed by atoms with Gasteiger partial charge in [-0.05, 0) is 12.0 Å². The van der Waals surface area contributed by atoms with Gasteiger partial charge in [-0.15, -0.1) is 0 Å². The highest BCUT2D eigenvalue weighted by atomic mass is 16.2. The zero-order valence-corrected chi connectivity index (χ0v) is 13.9. The number of carbonyl (C=O) groups is 1. The Labute approximate surface area is 132 Å². The molecule has 2 rings (SSSR count). The van der Waals surface area contributed by atoms with Gasteiger partial charge in [0, 0.05) is 66.4 Å². The average molecular weight is 306 g/mol. The van der Waals surface area contributed by atoms with Crippen LogP contribution in [0.4, 0.5) is 0 Å². The minimum absolute atomic E-state index is 0.123. The lowest BCUT2D eigenvalue weighted by Gasteiger charge is -2.21. The monoisotopic (exact) mass is 306 g/mol. The largest absolute Gasteiger partial charge is 0.356 e. The van der Waals surface area contributed by atoms with Crippen LogP contribution in [0.2, 0.25) is 0 Å². The summed E-state index contributed by atoms with van der Waals surface area (Å²) in [7, 11) is 7.28. The van der Waals surface area contributed by atoms with E-state index in [9.17, 15) is 4.79 Å². The van der Waals surface area contributed by atoms with Crippen LogP contribution in [0.1, 0.15) is 24.3 Å². The molecule has 0 aromatic carbocycles. The normalized spacial score (nSPS) is 18.6. The minimum atomic E-state index is 0.123. The quantitative estimate of drug-likeness (QED) is 0.640. The second-order valence-corrected chi connectivity index (χ2v) is 5.89. The third-order valence-electron chi connectivity index (χ3n) is 4.02. The highest BCUT2D eigenvalue weighted by Crippen LogP contribution is 2.26. The summed E-state index contributed by atoms with van der Waals surface area (Å²) in [6.45, 7) is 2.52. The Morgan fingerprint density at radius 2 is 2.32 bits per heavy atom. The maximum absolute atomic E-state index is 11.6. The number of carbonyl (C=O) groups excluding carboxylic acids is 1. The summed E-state index contributed by atoms with van der Waals surface area (Å²) in [5.41, 5.74) is 1.28. The van der Waals surface area contributed by atoms with Crippen molar-refractivity contribution in [2.24, 2.45) is 12.0 Å². The molecule has 22 heavy (non-hydrogen) atoms. The van der Waals surface area contributed by atoms with Crippen LogP contribution in [0, 0.1) is 0 Å². The SMILES string of the molecule is CN=C(NCCC(=O)N(C)C)N1CCC(c2cnn(C)c2)C1. The van der Waals surface area contributed by atoms with E-state index in [1.807, 2.05) is 17.9 Å². The van der Waals surface area contributed by atoms with Crippen LogP contribution in [0.5, 0.6) is 0 Å². The van der Waals surface area contributed by atoms with E-state index in [-0.39, 0.29) is 5.91 Å². The molecule has 1 aromatic rings. The molecule has 7 heteroatoms. The van der Waals surface area contributed by atoms with Crippen molar-refractivity contribution in [1.29, 1.82) is 0 Å². The van der Waals surface area contributed by atoms with Crippen molar-refractivity contribution in [1.82, 2.24) is 24.9 Å². The Morgan fingerprint density at radius 1 is 1.55 bits per heavy atom. The van der Waals surface area contributed by atoms with Gasteiger partial charge in [-0.2, -0.15) is 5.10 Å². The van der Waals surface area contributed by atoms with E-state index < -0.39 is 0 Å². The first-order chi connectivity index (χ1) is 10.5. The van der Waals surface area contributed by atoms with E-state index >= 15 is 0 Å². The number of aliphatic imine (C=N–C) groups is 1. The van der Waals surface area contributed by atoms with E-state index in [0.29, 0.717) is 18.9 Å². The number of hydrogen-bond donors (Lipinski definition) is 1. The van der Waals surface area contributed by atoms with Gasteiger partial charge < -0.3 is 15.1 Å². The van der Waals surface area contributed by atoms with Crippen molar-refractivity contribution in [2.45, 2.75) is 18.8 Å². The van der Waals surface area contributed by atoms with E-state index in [1.54, 1.807) is 26.0 Å². The van der Waals surface area contributed by atoms with Crippen LogP contribution in [-0.4, -0.2) is 72.2 Å². The molecule has 0 spiro atoms. The van der Waals surface area contributed by atoms with Crippen molar-refractivity contribution >= 4 is 11.9 Å². The van der Waals surface area contributed by atoms with Gasteiger partial charge in [0.05, 0.1) is 6.20 Å². The maximum atomic E-state index is 11.6. The number of hydrogen-bond acceptors (Lipinski definition) is 3. The van der Waals surface area contributed by atoms with Gasteiger partial charge in [0.15, 0.2) is 5.96 Å². The minimum Gasteiger partial charge on any atom is -0.356 e. The van der Waals surface area contributed by atoms with Gasteiger partial charge >= 0.3 is 0 Å². The molecule has 0 saturated carbocycles. The molecule has 1 fully saturated rings. The van der Waals surface area contributed by atoms with E-state index in [2.05, 4.69) is 26.5 Å². The van der Waals surface area contributed by atoms with Gasteiger partial charge in [-0.3, -0.25) is 14.5 Å². The molecule has 1 unspecified atom stereocenters. The van der Waals surface area contributed by atoms with E-state index in [1.165, 1.54) is 5.56 Å². The van der Waals surface area contributed by atoms with Crippen LogP contribution < -0.4 is 5.32 Å². The Balaban J connectivity index is 1.84. The fraction of sp³-hybridized carbons (Fsp3) is 0.667. The zero-order valence-electron chi connectivity index (χ0n) is 13.9. The van der Waals surface area contributed by atoms with Crippen molar-refractivity contribution in [3.63, 3.8) is 0 Å². The molecular weight excluding hydrogens is 280 g/mol. The number of aryl methyl sites for hydroxylation is 1. The summed E-state index contributed by atoms with van der Waals surface area (Å²) in [6.07, 6.45) is 5.61. The lowest BCUT2D eigenvalue weighted by molar-refractivity contribution is -0.128. The lowest BCUT2D eigenvalue weighted by Crippen LogP contribution is -2.41. The van der Waals surface area contributed by atoms with Gasteiger partial charge in [0.1, 0.15) is 0 Å². The molecule has 7 nitrogen and oxygen atoms in total. The average Bonchev–Trinajstić information content (AvgIpc) is 3.12. The van der Waals surface area contributed by atoms with Crippen LogP contribution >= 0.6 is 0 Å². The topological polar surface area (TPSA) is 65.8 Å². The molecule has 1 aliphatic rings. The number of aromatic nitrogens is 2. The fourth-order valence-electron chi connectivity index (χ4n) is 2.71. The molecule has 1 atom stereocenters. The van der Waals surface area contributed by atoms with Crippen LogP contribution in [0.3, 0.4) is 0 Å². The second kappa shape index (κ2) is 7.29. The van der Waals surface area contributed by atoms with Gasteiger partial charge in [-0.25, -0.2) is 0 Å². The molecule has 0 radical (unpaired) electrons. The van der Waals surface area contributed by atoms with Gasteiger partial charge in [0.25, 0.3) is 0 Å². The molecule has 1 saturated heterocycles. The molecule has 0 bridgehead atoms. The molecule has 1 amide bonds. The van der Waals surface area contributed by atoms with Gasteiger partial charge in [-0.1, -0.05) is 0 Å². The first-order valence-electron chi connectivity index (χ1n) is 7.65. The Morgan fingerprint density at radius 3 is 2.91 bits per heavy atom. The predicted molar refractivity (Wildman–Crippen MR) is 86.8 cm³/mol. The first-order valence-corrected chi connectivity index (χ1v) is 7.65. The van der Waals surface area contributed by atoms with Crippen molar-refractivity contribution in [2.75, 3.05) is 40.8 Å². The zero-order chi connectivity index (χ0) is 16.1. The molecule has 122 valence electrons. The van der Waals surface area contributed by atoms with Crippen molar-refractivity contribution < 1.29 is 4.79 Å². The number of likely N-dealkylation sites (tertiary alicyclic amines) is 1. The Kier molecular flexibility index (Phi) is 5.41. The van der Waals surface area contributed by atoms with Crippen LogP contribution in [0.25, 0.3) is 0 Å². The lowest BCUT2D eigenvalue weighted by atomic mass is 10.0. The van der Waals surface area contributed by atoms with Crippen LogP contribution in [0.15, 0.2) is 17.4 Å². The summed E-state index contributed by atoms with van der Waals surface area (Å²) < 4.78 is 1.85. The smallest absolute Gasteiger partial charge is 0.223 e. The standard InChI is InChI=1S/C15H26N6O/c1-16-15(17-7-5-14(22)19(2)3)21-8-6-12(11-21)13-9-18-20(4)10-13/h9-10,12H,5-8,11H2,1-4H3,(H,16,17). The summed E-state index contributed by atoms with van der Waals surface area (Å²) in [4.78, 5) is 19.8. The van der Waals surface area contributed by atoms with E-state index in [0.717, 1.165) is 25.5 Å². The number of nitrogens with zero attached hydrogens (tertiary/aromatic N) is 5. The summed E-state index contributed by atoms with van der Waals surface area (Å²) in [5.74, 6) is 1.49. The third-order valence-corrected chi connectivity index (χ3v) is 4.02. The van der Waals surface area contributed by atoms with Crippen molar-refractivity contribution in [3.05, 3.63) is 18.0 Å². The first kappa shape index (κ1) is 16.3. The maximum Gasteiger partial charge on any atom is 0.223 e. The Bertz CT molecular complexity index is 536.